The Balaban J connectivity index is 4.09. The number of aliphatic carboxylic acids is 1. The maximum Gasteiger partial charge on any atom is 0.306 e. The van der Waals surface area contributed by atoms with Crippen molar-refractivity contribution >= 4 is 17.9 Å². The molecule has 2 unspecified atom stereocenters. The van der Waals surface area contributed by atoms with Gasteiger partial charge in [-0.05, 0) is 116 Å². The third-order valence-corrected chi connectivity index (χ3v) is 15.6. The van der Waals surface area contributed by atoms with Crippen molar-refractivity contribution in [3.8, 4) is 0 Å². The van der Waals surface area contributed by atoms with Gasteiger partial charge < -0.3 is 33.3 Å². The molecule has 9 heteroatoms. The molecule has 0 aliphatic rings. The van der Waals surface area contributed by atoms with Crippen LogP contribution in [0.2, 0.25) is 0 Å². The summed E-state index contributed by atoms with van der Waals surface area (Å²) in [5.74, 6) is -2.34. The molecular formula is C82H137NO8. The number of quaternary nitrogens is 1. The molecule has 0 bridgehead atoms. The summed E-state index contributed by atoms with van der Waals surface area (Å²) in [6.07, 6.45) is 101. The van der Waals surface area contributed by atoms with Crippen LogP contribution in [0.25, 0.3) is 0 Å². The van der Waals surface area contributed by atoms with Crippen molar-refractivity contribution in [2.75, 3.05) is 47.5 Å². The molecule has 9 nitrogen and oxygen atoms in total. The van der Waals surface area contributed by atoms with Gasteiger partial charge in [0.25, 0.3) is 0 Å². The molecule has 0 aromatic heterocycles. The van der Waals surface area contributed by atoms with Crippen LogP contribution >= 0.6 is 0 Å². The second-order valence-electron chi connectivity index (χ2n) is 25.5. The molecule has 0 heterocycles. The van der Waals surface area contributed by atoms with Gasteiger partial charge in [0.2, 0.25) is 0 Å². The second-order valence-corrected chi connectivity index (χ2v) is 25.5. The first-order valence-electron chi connectivity index (χ1n) is 37.0. The smallest absolute Gasteiger partial charge is 0.306 e. The van der Waals surface area contributed by atoms with Crippen LogP contribution in [0.5, 0.6) is 0 Å². The van der Waals surface area contributed by atoms with E-state index in [2.05, 4.69) is 160 Å². The van der Waals surface area contributed by atoms with E-state index >= 15 is 0 Å². The Kier molecular flexibility index (Phi) is 67.3. The molecular weight excluding hydrogens is 1130 g/mol. The van der Waals surface area contributed by atoms with E-state index in [0.29, 0.717) is 17.4 Å². The Bertz CT molecular complexity index is 2010. The van der Waals surface area contributed by atoms with Crippen molar-refractivity contribution in [1.82, 2.24) is 0 Å². The van der Waals surface area contributed by atoms with E-state index in [0.717, 1.165) is 109 Å². The lowest BCUT2D eigenvalue weighted by Crippen LogP contribution is -2.44. The maximum absolute atomic E-state index is 12.9. The minimum Gasteiger partial charge on any atom is -0.545 e. The topological polar surface area (TPSA) is 111 Å². The minimum atomic E-state index is -1.64. The van der Waals surface area contributed by atoms with Crippen molar-refractivity contribution < 1.29 is 42.9 Å². The lowest BCUT2D eigenvalue weighted by molar-refractivity contribution is -0.870. The number of carbonyl (C=O) groups is 3. The number of rotatable bonds is 67. The lowest BCUT2D eigenvalue weighted by Gasteiger charge is -2.26. The van der Waals surface area contributed by atoms with E-state index in [-0.39, 0.29) is 38.6 Å². The summed E-state index contributed by atoms with van der Waals surface area (Å²) in [7, 11) is 5.91. The van der Waals surface area contributed by atoms with Gasteiger partial charge >= 0.3 is 11.9 Å². The van der Waals surface area contributed by atoms with Gasteiger partial charge in [-0.15, -0.1) is 0 Å². The zero-order chi connectivity index (χ0) is 66.1. The number of hydrogen-bond donors (Lipinski definition) is 0. The average Bonchev–Trinajstić information content (AvgIpc) is 3.46. The third-order valence-electron chi connectivity index (χ3n) is 15.6. The van der Waals surface area contributed by atoms with Crippen LogP contribution in [-0.4, -0.2) is 82.3 Å². The first-order valence-corrected chi connectivity index (χ1v) is 37.0. The predicted molar refractivity (Wildman–Crippen MR) is 389 cm³/mol. The Morgan fingerprint density at radius 2 is 0.593 bits per heavy atom. The van der Waals surface area contributed by atoms with Gasteiger partial charge in [-0.2, -0.15) is 0 Å². The van der Waals surface area contributed by atoms with Gasteiger partial charge in [0.15, 0.2) is 12.4 Å². The highest BCUT2D eigenvalue weighted by Gasteiger charge is 2.22. The number of esters is 2. The van der Waals surface area contributed by atoms with E-state index in [1.54, 1.807) is 0 Å². The first-order chi connectivity index (χ1) is 44.6. The monoisotopic (exact) mass is 1260 g/mol. The zero-order valence-electron chi connectivity index (χ0n) is 59.2. The third kappa shape index (κ3) is 72.5. The average molecular weight is 1260 g/mol. The number of carboxylic acids is 1. The Hall–Kier alpha value is -4.83. The molecule has 0 N–H and O–H groups in total. The number of likely N-dealkylation sites (N-methyl/N-ethyl adjacent to an activating group) is 1. The van der Waals surface area contributed by atoms with Crippen LogP contribution < -0.4 is 5.11 Å². The summed E-state index contributed by atoms with van der Waals surface area (Å²) in [5, 5.41) is 11.8. The summed E-state index contributed by atoms with van der Waals surface area (Å²) in [5.41, 5.74) is 0. The molecule has 0 aromatic carbocycles. The summed E-state index contributed by atoms with van der Waals surface area (Å²) in [6, 6.07) is 0. The van der Waals surface area contributed by atoms with Crippen molar-refractivity contribution in [2.45, 2.75) is 309 Å². The van der Waals surface area contributed by atoms with Crippen LogP contribution in [0.15, 0.2) is 146 Å². The van der Waals surface area contributed by atoms with Crippen LogP contribution in [0, 0.1) is 0 Å². The zero-order valence-corrected chi connectivity index (χ0v) is 59.2. The van der Waals surface area contributed by atoms with Crippen molar-refractivity contribution in [2.24, 2.45) is 0 Å². The van der Waals surface area contributed by atoms with E-state index in [4.69, 9.17) is 18.9 Å². The van der Waals surface area contributed by atoms with E-state index < -0.39 is 24.3 Å². The molecule has 0 saturated heterocycles. The van der Waals surface area contributed by atoms with E-state index in [9.17, 15) is 19.5 Å². The highest BCUT2D eigenvalue weighted by Crippen LogP contribution is 2.18. The van der Waals surface area contributed by atoms with Crippen LogP contribution in [0.3, 0.4) is 0 Å². The molecule has 0 aromatic rings. The predicted octanol–water partition coefficient (Wildman–Crippen LogP) is 22.1. The molecule has 0 saturated carbocycles. The number of carboxylic acid groups (broad SMARTS) is 1. The molecule has 0 aliphatic carbocycles. The molecule has 2 atom stereocenters. The summed E-state index contributed by atoms with van der Waals surface area (Å²) in [4.78, 5) is 37.5. The van der Waals surface area contributed by atoms with Crippen molar-refractivity contribution in [3.05, 3.63) is 146 Å². The van der Waals surface area contributed by atoms with Crippen molar-refractivity contribution in [3.63, 3.8) is 0 Å². The van der Waals surface area contributed by atoms with Crippen LogP contribution in [0.1, 0.15) is 296 Å². The molecule has 0 radical (unpaired) electrons. The number of ether oxygens (including phenoxy) is 4. The molecule has 0 aliphatic heterocycles. The van der Waals surface area contributed by atoms with E-state index in [1.807, 2.05) is 21.1 Å². The Morgan fingerprint density at radius 1 is 0.330 bits per heavy atom. The van der Waals surface area contributed by atoms with Gasteiger partial charge in [-0.1, -0.05) is 314 Å². The molecule has 518 valence electrons. The molecule has 0 amide bonds. The fraction of sp³-hybridized carbons (Fsp3) is 0.671. The number of nitrogens with zero attached hydrogens (tertiary/aromatic N) is 1. The van der Waals surface area contributed by atoms with Gasteiger partial charge in [0.1, 0.15) is 13.2 Å². The summed E-state index contributed by atoms with van der Waals surface area (Å²) in [6.45, 7) is 4.48. The largest absolute Gasteiger partial charge is 0.545 e. The molecule has 0 rings (SSSR count). The normalized spacial score (nSPS) is 13.5. The van der Waals surface area contributed by atoms with E-state index in [1.165, 1.54) is 154 Å². The van der Waals surface area contributed by atoms with Gasteiger partial charge in [-0.25, -0.2) is 0 Å². The SMILES string of the molecule is CC/C=C\C/C=C\C/C=C\C/C=C\C/C=C\C/C=C\C/C=C\C/C=C\CCCCC(=O)OC(COC(=O)CCCCCCCCCCCCCCCCCCCCCCCCCCCC/C=C\C/C=C\C/C=C\C/C=C\CC)COC(OCC[N+](C)(C)C)C(=O)[O-]. The quantitative estimate of drug-likeness (QED) is 0.0195. The standard InChI is InChI=1S/C82H137NO8/c1-6-8-10-12-14-16-18-20-22-24-26-28-30-32-34-35-36-37-38-39-40-41-42-43-44-45-47-48-50-52-54-56-58-60-62-64-66-68-70-72-79(84)89-76-78(77-90-82(81(86)87)88-75-74-83(3,4)5)91-80(85)73-71-69-67-65-63-61-59-57-55-53-51-49-46-33-31-29-27-25-23-21-19-17-15-13-11-9-7-2/h8-11,14-17,20-23,26-29,33,46,51,53,57,59,63,65,78,82H,6-7,12-13,18-19,24-25,30-32,34-45,47-50,52,54-56,58,60-62,64,66-77H2,1-5H3/b10-8-,11-9-,16-14-,17-15-,22-20-,23-21-,28-26-,29-27-,46-33-,53-51-,59-57-,65-63-. The lowest BCUT2D eigenvalue weighted by atomic mass is 10.0. The van der Waals surface area contributed by atoms with Gasteiger partial charge in [0, 0.05) is 12.8 Å². The fourth-order valence-electron chi connectivity index (χ4n) is 10.0. The Morgan fingerprint density at radius 3 is 0.901 bits per heavy atom. The second kappa shape index (κ2) is 71.0. The maximum atomic E-state index is 12.9. The van der Waals surface area contributed by atoms with Crippen molar-refractivity contribution in [1.29, 1.82) is 0 Å². The van der Waals surface area contributed by atoms with Gasteiger partial charge in [0.05, 0.1) is 40.3 Å². The minimum absolute atomic E-state index is 0.133. The first kappa shape index (κ1) is 86.2. The number of unbranched alkanes of at least 4 members (excludes halogenated alkanes) is 28. The molecule has 91 heavy (non-hydrogen) atoms. The number of allylic oxidation sites excluding steroid dienone is 24. The molecule has 0 fully saturated rings. The van der Waals surface area contributed by atoms with Crippen LogP contribution in [-0.2, 0) is 33.3 Å². The Labute approximate surface area is 560 Å². The summed E-state index contributed by atoms with van der Waals surface area (Å²) < 4.78 is 22.7. The summed E-state index contributed by atoms with van der Waals surface area (Å²) >= 11 is 0. The van der Waals surface area contributed by atoms with Crippen LogP contribution in [0.4, 0.5) is 0 Å². The highest BCUT2D eigenvalue weighted by atomic mass is 16.7. The van der Waals surface area contributed by atoms with Gasteiger partial charge in [-0.3, -0.25) is 9.59 Å². The highest BCUT2D eigenvalue weighted by molar-refractivity contribution is 5.70. The fourth-order valence-corrected chi connectivity index (χ4v) is 10.0. The number of hydrogen-bond acceptors (Lipinski definition) is 8. The number of carbonyl (C=O) groups excluding carboxylic acids is 3. The molecule has 0 spiro atoms.